The first kappa shape index (κ1) is 14.0. The van der Waals surface area contributed by atoms with E-state index in [2.05, 4.69) is 15.9 Å². The number of hydrogen-bond acceptors (Lipinski definition) is 2. The zero-order valence-corrected chi connectivity index (χ0v) is 12.2. The summed E-state index contributed by atoms with van der Waals surface area (Å²) in [6, 6.07) is 10.6. The first-order valence-electron chi connectivity index (χ1n) is 6.02. The minimum atomic E-state index is -0.269. The highest BCUT2D eigenvalue weighted by Crippen LogP contribution is 2.29. The van der Waals surface area contributed by atoms with E-state index in [1.54, 1.807) is 19.1 Å². The van der Waals surface area contributed by atoms with Crippen molar-refractivity contribution in [3.63, 3.8) is 0 Å². The van der Waals surface area contributed by atoms with Gasteiger partial charge in [0.15, 0.2) is 0 Å². The second-order valence-electron chi connectivity index (χ2n) is 4.30. The lowest BCUT2D eigenvalue weighted by Gasteiger charge is -2.11. The number of hydrogen-bond donors (Lipinski definition) is 1. The molecule has 0 saturated carbocycles. The molecule has 0 radical (unpaired) electrons. The van der Waals surface area contributed by atoms with E-state index in [0.717, 1.165) is 10.0 Å². The van der Waals surface area contributed by atoms with Crippen LogP contribution in [0.1, 0.15) is 11.1 Å². The zero-order valence-electron chi connectivity index (χ0n) is 10.6. The summed E-state index contributed by atoms with van der Waals surface area (Å²) in [6.07, 6.45) is 0.711. The molecule has 2 N–H and O–H groups in total. The number of benzene rings is 2. The molecule has 0 aliphatic carbocycles. The normalized spacial score (nSPS) is 10.5. The molecule has 2 rings (SSSR count). The van der Waals surface area contributed by atoms with Gasteiger partial charge in [0.05, 0.1) is 0 Å². The van der Waals surface area contributed by atoms with E-state index in [1.165, 1.54) is 6.07 Å². The maximum Gasteiger partial charge on any atom is 0.130 e. The van der Waals surface area contributed by atoms with Gasteiger partial charge in [0, 0.05) is 10.5 Å². The van der Waals surface area contributed by atoms with Crippen molar-refractivity contribution >= 4 is 15.9 Å². The summed E-state index contributed by atoms with van der Waals surface area (Å²) in [6.45, 7) is 2.26. The Balaban J connectivity index is 2.29. The molecule has 4 heteroatoms. The maximum absolute atomic E-state index is 13.5. The van der Waals surface area contributed by atoms with E-state index in [0.29, 0.717) is 30.0 Å². The fraction of sp³-hybridized carbons (Fsp3) is 0.200. The fourth-order valence-electron chi connectivity index (χ4n) is 1.76. The Morgan fingerprint density at radius 2 is 2.00 bits per heavy atom. The molecule has 0 amide bonds. The summed E-state index contributed by atoms with van der Waals surface area (Å²) < 4.78 is 20.2. The monoisotopic (exact) mass is 323 g/mol. The molecule has 0 aliphatic rings. The minimum absolute atomic E-state index is 0.269. The summed E-state index contributed by atoms with van der Waals surface area (Å²) in [5.74, 6) is 0.926. The Labute approximate surface area is 120 Å². The fourth-order valence-corrected chi connectivity index (χ4v) is 2.17. The topological polar surface area (TPSA) is 35.2 Å². The number of nitrogens with two attached hydrogens (primary N) is 1. The SMILES string of the molecule is Cc1ccc(Oc2ccc(Br)cc2CCN)cc1F. The highest BCUT2D eigenvalue weighted by atomic mass is 79.9. The van der Waals surface area contributed by atoms with Gasteiger partial charge in [-0.25, -0.2) is 4.39 Å². The summed E-state index contributed by atoms with van der Waals surface area (Å²) >= 11 is 3.42. The predicted octanol–water partition coefficient (Wildman–Crippen LogP) is 4.19. The molecule has 2 nitrogen and oxygen atoms in total. The second-order valence-corrected chi connectivity index (χ2v) is 5.22. The molecule has 100 valence electrons. The largest absolute Gasteiger partial charge is 0.457 e. The van der Waals surface area contributed by atoms with Crippen LogP contribution in [0, 0.1) is 12.7 Å². The molecule has 19 heavy (non-hydrogen) atoms. The molecule has 0 aromatic heterocycles. The summed E-state index contributed by atoms with van der Waals surface area (Å²) in [5, 5.41) is 0. The third-order valence-electron chi connectivity index (χ3n) is 2.81. The smallest absolute Gasteiger partial charge is 0.130 e. The lowest BCUT2D eigenvalue weighted by molar-refractivity contribution is 0.470. The first-order chi connectivity index (χ1) is 9.10. The molecular weight excluding hydrogens is 309 g/mol. The molecular formula is C15H15BrFNO. The number of aryl methyl sites for hydroxylation is 1. The number of halogens is 2. The van der Waals surface area contributed by atoms with E-state index < -0.39 is 0 Å². The standard InChI is InChI=1S/C15H15BrFNO/c1-10-2-4-13(9-14(10)17)19-15-5-3-12(16)8-11(15)6-7-18/h2-5,8-9H,6-7,18H2,1H3. The highest BCUT2D eigenvalue weighted by molar-refractivity contribution is 9.10. The van der Waals surface area contributed by atoms with Crippen molar-refractivity contribution in [2.45, 2.75) is 13.3 Å². The van der Waals surface area contributed by atoms with Crippen molar-refractivity contribution in [3.05, 3.63) is 57.8 Å². The van der Waals surface area contributed by atoms with Crippen molar-refractivity contribution in [3.8, 4) is 11.5 Å². The van der Waals surface area contributed by atoms with E-state index in [4.69, 9.17) is 10.5 Å². The molecule has 2 aromatic rings. The molecule has 0 saturated heterocycles. The summed E-state index contributed by atoms with van der Waals surface area (Å²) in [4.78, 5) is 0. The number of rotatable bonds is 4. The quantitative estimate of drug-likeness (QED) is 0.915. The van der Waals surface area contributed by atoms with Gasteiger partial charge in [-0.05, 0) is 55.3 Å². The Kier molecular flexibility index (Phi) is 4.56. The summed E-state index contributed by atoms with van der Waals surface area (Å²) in [7, 11) is 0. The average molecular weight is 324 g/mol. The van der Waals surface area contributed by atoms with Crippen LogP contribution in [0.15, 0.2) is 40.9 Å². The molecule has 0 aliphatic heterocycles. The van der Waals surface area contributed by atoms with Crippen molar-refractivity contribution in [1.82, 2.24) is 0 Å². The zero-order chi connectivity index (χ0) is 13.8. The van der Waals surface area contributed by atoms with Gasteiger partial charge in [0.25, 0.3) is 0 Å². The van der Waals surface area contributed by atoms with E-state index in [1.807, 2.05) is 18.2 Å². The van der Waals surface area contributed by atoms with Gasteiger partial charge >= 0.3 is 0 Å². The van der Waals surface area contributed by atoms with Crippen LogP contribution in [0.4, 0.5) is 4.39 Å². The second kappa shape index (κ2) is 6.17. The van der Waals surface area contributed by atoms with Gasteiger partial charge < -0.3 is 10.5 Å². The van der Waals surface area contributed by atoms with Gasteiger partial charge in [-0.2, -0.15) is 0 Å². The van der Waals surface area contributed by atoms with E-state index in [-0.39, 0.29) is 5.82 Å². The van der Waals surface area contributed by atoms with Crippen LogP contribution in [0.2, 0.25) is 0 Å². The first-order valence-corrected chi connectivity index (χ1v) is 6.82. The van der Waals surface area contributed by atoms with Gasteiger partial charge in [-0.3, -0.25) is 0 Å². The predicted molar refractivity (Wildman–Crippen MR) is 78.1 cm³/mol. The Bertz CT molecular complexity index is 586. The average Bonchev–Trinajstić information content (AvgIpc) is 2.37. The van der Waals surface area contributed by atoms with Crippen molar-refractivity contribution < 1.29 is 9.13 Å². The molecule has 0 atom stereocenters. The van der Waals surface area contributed by atoms with Crippen LogP contribution in [-0.4, -0.2) is 6.54 Å². The molecule has 0 unspecified atom stereocenters. The number of ether oxygens (including phenoxy) is 1. The Hall–Kier alpha value is -1.39. The van der Waals surface area contributed by atoms with Gasteiger partial charge in [-0.1, -0.05) is 22.0 Å². The van der Waals surface area contributed by atoms with Gasteiger partial charge in [0.2, 0.25) is 0 Å². The van der Waals surface area contributed by atoms with Crippen LogP contribution in [-0.2, 0) is 6.42 Å². The van der Waals surface area contributed by atoms with Crippen molar-refractivity contribution in [2.24, 2.45) is 5.73 Å². The van der Waals surface area contributed by atoms with Gasteiger partial charge in [0.1, 0.15) is 17.3 Å². The van der Waals surface area contributed by atoms with Crippen LogP contribution in [0.5, 0.6) is 11.5 Å². The Morgan fingerprint density at radius 3 is 2.68 bits per heavy atom. The van der Waals surface area contributed by atoms with Crippen LogP contribution in [0.3, 0.4) is 0 Å². The van der Waals surface area contributed by atoms with Gasteiger partial charge in [-0.15, -0.1) is 0 Å². The van der Waals surface area contributed by atoms with Crippen LogP contribution in [0.25, 0.3) is 0 Å². The molecule has 2 aromatic carbocycles. The van der Waals surface area contributed by atoms with Crippen molar-refractivity contribution in [1.29, 1.82) is 0 Å². The lowest BCUT2D eigenvalue weighted by Crippen LogP contribution is -2.04. The van der Waals surface area contributed by atoms with Crippen LogP contribution >= 0.6 is 15.9 Å². The molecule has 0 bridgehead atoms. The molecule has 0 heterocycles. The third-order valence-corrected chi connectivity index (χ3v) is 3.30. The van der Waals surface area contributed by atoms with Crippen molar-refractivity contribution in [2.75, 3.05) is 6.54 Å². The highest BCUT2D eigenvalue weighted by Gasteiger charge is 2.07. The molecule has 0 spiro atoms. The Morgan fingerprint density at radius 1 is 1.21 bits per heavy atom. The lowest BCUT2D eigenvalue weighted by atomic mass is 10.1. The van der Waals surface area contributed by atoms with E-state index >= 15 is 0 Å². The summed E-state index contributed by atoms with van der Waals surface area (Å²) in [5.41, 5.74) is 7.19. The van der Waals surface area contributed by atoms with Crippen LogP contribution < -0.4 is 10.5 Å². The molecule has 0 fully saturated rings. The van der Waals surface area contributed by atoms with E-state index in [9.17, 15) is 4.39 Å². The minimum Gasteiger partial charge on any atom is -0.457 e. The third kappa shape index (κ3) is 3.55. The maximum atomic E-state index is 13.5.